The van der Waals surface area contributed by atoms with Crippen LogP contribution in [0, 0.1) is 0 Å². The largest absolute Gasteiger partial charge is 0.383 e. The third-order valence-corrected chi connectivity index (χ3v) is 5.38. The molecule has 0 radical (unpaired) electrons. The van der Waals surface area contributed by atoms with Gasteiger partial charge in [0.25, 0.3) is 0 Å². The van der Waals surface area contributed by atoms with Gasteiger partial charge in [0.2, 0.25) is 0 Å². The van der Waals surface area contributed by atoms with Gasteiger partial charge in [-0.25, -0.2) is 18.4 Å². The zero-order valence-electron chi connectivity index (χ0n) is 9.75. The maximum Gasteiger partial charge on any atom is 0.191 e. The van der Waals surface area contributed by atoms with E-state index in [1.807, 2.05) is 0 Å². The van der Waals surface area contributed by atoms with Gasteiger partial charge in [0.05, 0.1) is 11.0 Å². The molecule has 8 heteroatoms. The fourth-order valence-corrected chi connectivity index (χ4v) is 3.27. The first-order chi connectivity index (χ1) is 7.81. The van der Waals surface area contributed by atoms with E-state index in [1.165, 1.54) is 17.8 Å². The van der Waals surface area contributed by atoms with Crippen molar-refractivity contribution < 1.29 is 8.42 Å². The second-order valence-corrected chi connectivity index (χ2v) is 7.50. The molecule has 1 heterocycles. The number of thioether (sulfide) groups is 1. The zero-order chi connectivity index (χ0) is 13.1. The third-order valence-electron chi connectivity index (χ3n) is 2.06. The second kappa shape index (κ2) is 5.54. The Bertz CT molecular complexity index is 468. The second-order valence-electron chi connectivity index (χ2n) is 3.76. The summed E-state index contributed by atoms with van der Waals surface area (Å²) in [6, 6.07) is 1.45. The Balaban J connectivity index is 2.57. The predicted molar refractivity (Wildman–Crippen MR) is 70.5 cm³/mol. The summed E-state index contributed by atoms with van der Waals surface area (Å²) in [6.45, 7) is 3.32. The highest BCUT2D eigenvalue weighted by Gasteiger charge is 2.16. The smallest absolute Gasteiger partial charge is 0.191 e. The van der Waals surface area contributed by atoms with Crippen LogP contribution >= 0.6 is 11.8 Å². The van der Waals surface area contributed by atoms with Gasteiger partial charge in [0, 0.05) is 11.8 Å². The van der Waals surface area contributed by atoms with Gasteiger partial charge in [0.15, 0.2) is 15.0 Å². The molecule has 0 aliphatic carbocycles. The van der Waals surface area contributed by atoms with Crippen LogP contribution in [0.4, 0.5) is 11.6 Å². The SMILES string of the molecule is CC(C)S(=O)(=O)CCSc1nc(N)cc(N)n1. The average molecular weight is 276 g/mol. The highest BCUT2D eigenvalue weighted by atomic mass is 32.2. The number of hydrogen-bond donors (Lipinski definition) is 2. The van der Waals surface area contributed by atoms with Crippen molar-refractivity contribution >= 4 is 33.2 Å². The van der Waals surface area contributed by atoms with Gasteiger partial charge in [0.1, 0.15) is 11.6 Å². The van der Waals surface area contributed by atoms with Crippen LogP contribution in [0.25, 0.3) is 0 Å². The standard InChI is InChI=1S/C9H16N4O2S2/c1-6(2)17(14,15)4-3-16-9-12-7(10)5-8(11)13-9/h5-6H,3-4H2,1-2H3,(H4,10,11,12,13). The molecule has 0 aromatic carbocycles. The topological polar surface area (TPSA) is 112 Å². The number of sulfone groups is 1. The summed E-state index contributed by atoms with van der Waals surface area (Å²) in [4.78, 5) is 7.91. The fraction of sp³-hybridized carbons (Fsp3) is 0.556. The number of nitrogens with zero attached hydrogens (tertiary/aromatic N) is 2. The molecule has 0 saturated carbocycles. The number of nitrogen functional groups attached to an aromatic ring is 2. The first kappa shape index (κ1) is 14.0. The van der Waals surface area contributed by atoms with Gasteiger partial charge in [-0.1, -0.05) is 11.8 Å². The van der Waals surface area contributed by atoms with E-state index in [9.17, 15) is 8.42 Å². The molecule has 1 aromatic rings. The third kappa shape index (κ3) is 4.39. The molecule has 1 aromatic heterocycles. The van der Waals surface area contributed by atoms with Crippen molar-refractivity contribution in [1.29, 1.82) is 0 Å². The Kier molecular flexibility index (Phi) is 4.58. The lowest BCUT2D eigenvalue weighted by molar-refractivity contribution is 0.589. The Morgan fingerprint density at radius 3 is 2.29 bits per heavy atom. The molecular weight excluding hydrogens is 260 g/mol. The maximum absolute atomic E-state index is 11.6. The monoisotopic (exact) mass is 276 g/mol. The van der Waals surface area contributed by atoms with Gasteiger partial charge in [-0.2, -0.15) is 0 Å². The summed E-state index contributed by atoms with van der Waals surface area (Å²) in [5.74, 6) is 1.05. The Labute approximate surface area is 105 Å². The summed E-state index contributed by atoms with van der Waals surface area (Å²) in [5.41, 5.74) is 11.0. The molecule has 0 atom stereocenters. The highest BCUT2D eigenvalue weighted by molar-refractivity contribution is 8.00. The lowest BCUT2D eigenvalue weighted by Crippen LogP contribution is -2.19. The van der Waals surface area contributed by atoms with Gasteiger partial charge < -0.3 is 11.5 Å². The van der Waals surface area contributed by atoms with Crippen molar-refractivity contribution in [2.75, 3.05) is 23.0 Å². The van der Waals surface area contributed by atoms with E-state index in [-0.39, 0.29) is 22.6 Å². The Morgan fingerprint density at radius 2 is 1.82 bits per heavy atom. The number of rotatable bonds is 5. The fourth-order valence-electron chi connectivity index (χ4n) is 1.01. The molecule has 6 nitrogen and oxygen atoms in total. The van der Waals surface area contributed by atoms with Crippen molar-refractivity contribution in [2.24, 2.45) is 0 Å². The molecule has 0 aliphatic rings. The predicted octanol–water partition coefficient (Wildman–Crippen LogP) is 0.556. The summed E-state index contributed by atoms with van der Waals surface area (Å²) >= 11 is 1.23. The van der Waals surface area contributed by atoms with E-state index < -0.39 is 9.84 Å². The lowest BCUT2D eigenvalue weighted by atomic mass is 10.5. The molecule has 0 bridgehead atoms. The number of hydrogen-bond acceptors (Lipinski definition) is 7. The van der Waals surface area contributed by atoms with E-state index >= 15 is 0 Å². The van der Waals surface area contributed by atoms with Gasteiger partial charge >= 0.3 is 0 Å². The zero-order valence-corrected chi connectivity index (χ0v) is 11.4. The summed E-state index contributed by atoms with van der Waals surface area (Å²) in [7, 11) is -3.03. The molecule has 0 saturated heterocycles. The Morgan fingerprint density at radius 1 is 1.29 bits per heavy atom. The van der Waals surface area contributed by atoms with Crippen molar-refractivity contribution in [1.82, 2.24) is 9.97 Å². The molecule has 0 fully saturated rings. The summed E-state index contributed by atoms with van der Waals surface area (Å²) < 4.78 is 23.1. The number of anilines is 2. The molecule has 0 amide bonds. The van der Waals surface area contributed by atoms with Crippen LogP contribution in [-0.4, -0.2) is 35.1 Å². The maximum atomic E-state index is 11.6. The molecule has 1 rings (SSSR count). The van der Waals surface area contributed by atoms with Crippen LogP contribution in [0.1, 0.15) is 13.8 Å². The van der Waals surface area contributed by atoms with E-state index in [0.29, 0.717) is 10.9 Å². The van der Waals surface area contributed by atoms with Crippen LogP contribution in [-0.2, 0) is 9.84 Å². The van der Waals surface area contributed by atoms with Crippen LogP contribution in [0.3, 0.4) is 0 Å². The molecule has 17 heavy (non-hydrogen) atoms. The average Bonchev–Trinajstić information content (AvgIpc) is 2.15. The summed E-state index contributed by atoms with van der Waals surface area (Å²) in [5, 5.41) is 0.0383. The van der Waals surface area contributed by atoms with E-state index in [1.54, 1.807) is 13.8 Å². The number of aromatic nitrogens is 2. The highest BCUT2D eigenvalue weighted by Crippen LogP contribution is 2.17. The van der Waals surface area contributed by atoms with Crippen molar-refractivity contribution in [3.05, 3.63) is 6.07 Å². The molecule has 0 unspecified atom stereocenters. The van der Waals surface area contributed by atoms with Crippen LogP contribution in [0.2, 0.25) is 0 Å². The van der Waals surface area contributed by atoms with Crippen LogP contribution in [0.15, 0.2) is 11.2 Å². The minimum atomic E-state index is -3.03. The van der Waals surface area contributed by atoms with E-state index in [0.717, 1.165) is 0 Å². The molecular formula is C9H16N4O2S2. The van der Waals surface area contributed by atoms with Crippen molar-refractivity contribution in [2.45, 2.75) is 24.3 Å². The molecule has 0 spiro atoms. The molecule has 0 aliphatic heterocycles. The minimum absolute atomic E-state index is 0.0907. The minimum Gasteiger partial charge on any atom is -0.383 e. The van der Waals surface area contributed by atoms with E-state index in [2.05, 4.69) is 9.97 Å². The Hall–Kier alpha value is -1.02. The first-order valence-corrected chi connectivity index (χ1v) is 7.76. The lowest BCUT2D eigenvalue weighted by Gasteiger charge is -2.06. The van der Waals surface area contributed by atoms with Gasteiger partial charge in [-0.05, 0) is 13.8 Å². The molecule has 96 valence electrons. The molecule has 4 N–H and O–H groups in total. The van der Waals surface area contributed by atoms with E-state index in [4.69, 9.17) is 11.5 Å². The normalized spacial score (nSPS) is 11.9. The number of nitrogens with two attached hydrogens (primary N) is 2. The van der Waals surface area contributed by atoms with Gasteiger partial charge in [-0.15, -0.1) is 0 Å². The van der Waals surface area contributed by atoms with Crippen molar-refractivity contribution in [3.8, 4) is 0 Å². The van der Waals surface area contributed by atoms with Gasteiger partial charge in [-0.3, -0.25) is 0 Å². The summed E-state index contributed by atoms with van der Waals surface area (Å²) in [6.07, 6.45) is 0. The van der Waals surface area contributed by atoms with Crippen molar-refractivity contribution in [3.63, 3.8) is 0 Å². The quantitative estimate of drug-likeness (QED) is 0.596. The van der Waals surface area contributed by atoms with Crippen LogP contribution in [0.5, 0.6) is 0 Å². The first-order valence-electron chi connectivity index (χ1n) is 5.05. The van der Waals surface area contributed by atoms with Crippen LogP contribution < -0.4 is 11.5 Å².